The van der Waals surface area contributed by atoms with Gasteiger partial charge in [0, 0.05) is 23.5 Å². The molecule has 23 heavy (non-hydrogen) atoms. The molecule has 1 N–H and O–H groups in total. The van der Waals surface area contributed by atoms with Crippen LogP contribution in [0.1, 0.15) is 42.4 Å². The van der Waals surface area contributed by atoms with Crippen LogP contribution in [0.2, 0.25) is 0 Å². The molecule has 1 unspecified atom stereocenters. The van der Waals surface area contributed by atoms with E-state index in [9.17, 15) is 9.59 Å². The average Bonchev–Trinajstić information content (AvgIpc) is 2.51. The number of benzene rings is 1. The second-order valence-electron chi connectivity index (χ2n) is 5.94. The van der Waals surface area contributed by atoms with E-state index in [2.05, 4.69) is 36.5 Å². The maximum atomic E-state index is 12.3. The molecule has 0 radical (unpaired) electrons. The summed E-state index contributed by atoms with van der Waals surface area (Å²) in [5, 5.41) is 3.01. The number of rotatable bonds is 5. The Hall–Kier alpha value is -2.36. The number of amides is 1. The second-order valence-corrected chi connectivity index (χ2v) is 5.94. The minimum atomic E-state index is -0.0630. The lowest BCUT2D eigenvalue weighted by molar-refractivity contribution is -0.122. The molecule has 2 rings (SSSR count). The van der Waals surface area contributed by atoms with Crippen molar-refractivity contribution in [1.29, 1.82) is 0 Å². The van der Waals surface area contributed by atoms with Crippen LogP contribution in [0, 0.1) is 13.8 Å². The van der Waals surface area contributed by atoms with E-state index in [4.69, 9.17) is 0 Å². The third kappa shape index (κ3) is 4.31. The molecule has 0 spiro atoms. The zero-order valence-electron chi connectivity index (χ0n) is 14.2. The number of hydrogen-bond donors (Lipinski definition) is 1. The largest absolute Gasteiger partial charge is 0.348 e. The zero-order chi connectivity index (χ0) is 17.0. The van der Waals surface area contributed by atoms with Crippen molar-refractivity contribution in [3.8, 4) is 0 Å². The molecule has 4 heteroatoms. The standard InChI is InChI=1S/C19H24N2O2/c1-5-16-6-8-17(9-7-16)15(4)20-19(23)12-21-13(2)10-18(22)11-14(21)3/h6-11,15H,5,12H2,1-4H3,(H,20,23). The Bertz CT molecular complexity index is 719. The molecule has 0 aliphatic heterocycles. The van der Waals surface area contributed by atoms with Gasteiger partial charge in [0.05, 0.1) is 6.04 Å². The summed E-state index contributed by atoms with van der Waals surface area (Å²) in [4.78, 5) is 23.7. The maximum Gasteiger partial charge on any atom is 0.240 e. The van der Waals surface area contributed by atoms with Crippen LogP contribution < -0.4 is 10.7 Å². The molecule has 0 saturated carbocycles. The maximum absolute atomic E-state index is 12.3. The van der Waals surface area contributed by atoms with Crippen LogP contribution in [0.4, 0.5) is 0 Å². The third-order valence-electron chi connectivity index (χ3n) is 4.12. The van der Waals surface area contributed by atoms with E-state index in [0.29, 0.717) is 0 Å². The van der Waals surface area contributed by atoms with Gasteiger partial charge in [0.2, 0.25) is 5.91 Å². The van der Waals surface area contributed by atoms with Gasteiger partial charge in [0.25, 0.3) is 0 Å². The molecule has 0 fully saturated rings. The van der Waals surface area contributed by atoms with Crippen molar-refractivity contribution in [3.63, 3.8) is 0 Å². The molecule has 1 heterocycles. The summed E-state index contributed by atoms with van der Waals surface area (Å²) >= 11 is 0. The number of aryl methyl sites for hydroxylation is 3. The molecule has 1 amide bonds. The van der Waals surface area contributed by atoms with Crippen LogP contribution in [0.5, 0.6) is 0 Å². The fourth-order valence-corrected chi connectivity index (χ4v) is 2.69. The highest BCUT2D eigenvalue weighted by atomic mass is 16.2. The number of pyridine rings is 1. The second kappa shape index (κ2) is 7.27. The molecule has 0 bridgehead atoms. The highest BCUT2D eigenvalue weighted by Gasteiger charge is 2.11. The predicted molar refractivity (Wildman–Crippen MR) is 92.6 cm³/mol. The first-order valence-electron chi connectivity index (χ1n) is 7.97. The van der Waals surface area contributed by atoms with Crippen molar-refractivity contribution >= 4 is 5.91 Å². The molecular formula is C19H24N2O2. The Kier molecular flexibility index (Phi) is 5.37. The van der Waals surface area contributed by atoms with E-state index < -0.39 is 0 Å². The lowest BCUT2D eigenvalue weighted by Crippen LogP contribution is -2.31. The number of hydrogen-bond acceptors (Lipinski definition) is 2. The number of carbonyl (C=O) groups is 1. The highest BCUT2D eigenvalue weighted by molar-refractivity contribution is 5.76. The Balaban J connectivity index is 2.05. The fraction of sp³-hybridized carbons (Fsp3) is 0.368. The zero-order valence-corrected chi connectivity index (χ0v) is 14.2. The van der Waals surface area contributed by atoms with Gasteiger partial charge in [-0.25, -0.2) is 0 Å². The van der Waals surface area contributed by atoms with Gasteiger partial charge in [-0.1, -0.05) is 31.2 Å². The summed E-state index contributed by atoms with van der Waals surface area (Å²) in [7, 11) is 0. The summed E-state index contributed by atoms with van der Waals surface area (Å²) in [5.41, 5.74) is 3.94. The van der Waals surface area contributed by atoms with Crippen molar-refractivity contribution < 1.29 is 4.79 Å². The van der Waals surface area contributed by atoms with Gasteiger partial charge in [0.1, 0.15) is 6.54 Å². The number of aromatic nitrogens is 1. The van der Waals surface area contributed by atoms with E-state index in [1.807, 2.05) is 25.3 Å². The summed E-state index contributed by atoms with van der Waals surface area (Å²) in [5.74, 6) is -0.0630. The minimum absolute atomic E-state index is 0.0268. The monoisotopic (exact) mass is 312 g/mol. The molecule has 0 saturated heterocycles. The van der Waals surface area contributed by atoms with E-state index in [-0.39, 0.29) is 23.9 Å². The van der Waals surface area contributed by atoms with Crippen molar-refractivity contribution in [1.82, 2.24) is 9.88 Å². The van der Waals surface area contributed by atoms with Crippen molar-refractivity contribution in [3.05, 3.63) is 69.1 Å². The molecular weight excluding hydrogens is 288 g/mol. The van der Waals surface area contributed by atoms with Gasteiger partial charge in [-0.15, -0.1) is 0 Å². The van der Waals surface area contributed by atoms with Crippen LogP contribution in [-0.2, 0) is 17.8 Å². The minimum Gasteiger partial charge on any atom is -0.348 e. The highest BCUT2D eigenvalue weighted by Crippen LogP contribution is 2.14. The van der Waals surface area contributed by atoms with Gasteiger partial charge < -0.3 is 9.88 Å². The molecule has 1 aromatic carbocycles. The Morgan fingerprint density at radius 1 is 1.13 bits per heavy atom. The van der Waals surface area contributed by atoms with Gasteiger partial charge in [-0.3, -0.25) is 9.59 Å². The van der Waals surface area contributed by atoms with Crippen LogP contribution in [0.3, 0.4) is 0 Å². The Morgan fingerprint density at radius 3 is 2.22 bits per heavy atom. The quantitative estimate of drug-likeness (QED) is 0.923. The number of carbonyl (C=O) groups excluding carboxylic acids is 1. The molecule has 0 aliphatic rings. The van der Waals surface area contributed by atoms with E-state index in [1.54, 1.807) is 12.1 Å². The molecule has 0 aliphatic carbocycles. The SMILES string of the molecule is CCc1ccc(C(C)NC(=O)Cn2c(C)cc(=O)cc2C)cc1. The first-order valence-corrected chi connectivity index (χ1v) is 7.97. The molecule has 4 nitrogen and oxygen atoms in total. The fourth-order valence-electron chi connectivity index (χ4n) is 2.69. The first-order chi connectivity index (χ1) is 10.9. The lowest BCUT2D eigenvalue weighted by atomic mass is 10.1. The summed E-state index contributed by atoms with van der Waals surface area (Å²) < 4.78 is 1.85. The number of nitrogens with zero attached hydrogens (tertiary/aromatic N) is 1. The van der Waals surface area contributed by atoms with Crippen molar-refractivity contribution in [2.75, 3.05) is 0 Å². The van der Waals surface area contributed by atoms with Crippen molar-refractivity contribution in [2.24, 2.45) is 0 Å². The van der Waals surface area contributed by atoms with Gasteiger partial charge in [-0.05, 0) is 38.3 Å². The van der Waals surface area contributed by atoms with Crippen LogP contribution in [0.15, 0.2) is 41.2 Å². The van der Waals surface area contributed by atoms with Crippen LogP contribution in [-0.4, -0.2) is 10.5 Å². The molecule has 1 aromatic heterocycles. The van der Waals surface area contributed by atoms with Gasteiger partial charge in [0.15, 0.2) is 5.43 Å². The van der Waals surface area contributed by atoms with E-state index in [1.165, 1.54) is 5.56 Å². The molecule has 1 atom stereocenters. The van der Waals surface area contributed by atoms with Crippen molar-refractivity contribution in [2.45, 2.75) is 46.7 Å². The summed E-state index contributed by atoms with van der Waals surface area (Å²) in [6.07, 6.45) is 1.01. The van der Waals surface area contributed by atoms with Gasteiger partial charge in [-0.2, -0.15) is 0 Å². The van der Waals surface area contributed by atoms with Gasteiger partial charge >= 0.3 is 0 Å². The third-order valence-corrected chi connectivity index (χ3v) is 4.12. The van der Waals surface area contributed by atoms with E-state index in [0.717, 1.165) is 23.4 Å². The predicted octanol–water partition coefficient (Wildman–Crippen LogP) is 2.90. The normalized spacial score (nSPS) is 12.0. The first kappa shape index (κ1) is 17.0. The Labute approximate surface area is 137 Å². The van der Waals surface area contributed by atoms with Crippen LogP contribution >= 0.6 is 0 Å². The average molecular weight is 312 g/mol. The Morgan fingerprint density at radius 2 is 1.70 bits per heavy atom. The summed E-state index contributed by atoms with van der Waals surface area (Å²) in [6.45, 7) is 8.00. The molecule has 2 aromatic rings. The van der Waals surface area contributed by atoms with E-state index >= 15 is 0 Å². The number of nitrogens with one attached hydrogen (secondary N) is 1. The molecule has 122 valence electrons. The summed E-state index contributed by atoms with van der Waals surface area (Å²) in [6, 6.07) is 11.3. The van der Waals surface area contributed by atoms with Crippen LogP contribution in [0.25, 0.3) is 0 Å². The lowest BCUT2D eigenvalue weighted by Gasteiger charge is -2.18. The smallest absolute Gasteiger partial charge is 0.240 e. The topological polar surface area (TPSA) is 51.1 Å².